The van der Waals surface area contributed by atoms with Crippen LogP contribution in [-0.4, -0.2) is 47.2 Å². The second-order valence-corrected chi connectivity index (χ2v) is 4.88. The highest BCUT2D eigenvalue weighted by atomic mass is 32.2. The molecule has 104 valence electrons. The van der Waals surface area contributed by atoms with E-state index in [2.05, 4.69) is 10.3 Å². The molecule has 19 heavy (non-hydrogen) atoms. The normalized spacial score (nSPS) is 11.7. The highest BCUT2D eigenvalue weighted by Crippen LogP contribution is 2.10. The van der Waals surface area contributed by atoms with Gasteiger partial charge in [-0.3, -0.25) is 9.88 Å². The lowest BCUT2D eigenvalue weighted by Gasteiger charge is -2.21. The van der Waals surface area contributed by atoms with Gasteiger partial charge in [-0.15, -0.1) is 0 Å². The van der Waals surface area contributed by atoms with Crippen LogP contribution < -0.4 is 10.2 Å². The van der Waals surface area contributed by atoms with E-state index in [1.165, 1.54) is 11.1 Å². The van der Waals surface area contributed by atoms with Crippen molar-refractivity contribution in [2.24, 2.45) is 0 Å². The fraction of sp³-hybridized carbons (Fsp3) is 0.417. The maximum absolute atomic E-state index is 11.9. The minimum Gasteiger partial charge on any atom is -0.480 e. The number of hydrogen-bond acceptors (Lipinski definition) is 4. The van der Waals surface area contributed by atoms with Crippen molar-refractivity contribution in [3.05, 3.63) is 24.5 Å². The summed E-state index contributed by atoms with van der Waals surface area (Å²) in [7, 11) is 1.57. The smallest absolute Gasteiger partial charge is 0.326 e. The molecule has 0 aromatic carbocycles. The van der Waals surface area contributed by atoms with Gasteiger partial charge < -0.3 is 10.4 Å². The Balaban J connectivity index is 2.64. The molecule has 0 aliphatic carbocycles. The number of carbonyl (C=O) groups excluding carboxylic acids is 1. The summed E-state index contributed by atoms with van der Waals surface area (Å²) in [5, 5.41) is 11.5. The van der Waals surface area contributed by atoms with E-state index in [0.717, 1.165) is 0 Å². The number of amides is 2. The Morgan fingerprint density at radius 2 is 2.32 bits per heavy atom. The lowest BCUT2D eigenvalue weighted by Crippen LogP contribution is -2.47. The number of urea groups is 1. The van der Waals surface area contributed by atoms with Crippen LogP contribution >= 0.6 is 11.8 Å². The van der Waals surface area contributed by atoms with Gasteiger partial charge in [-0.05, 0) is 30.6 Å². The Bertz CT molecular complexity index is 427. The Morgan fingerprint density at radius 1 is 1.58 bits per heavy atom. The number of anilines is 1. The number of carboxylic acids is 1. The zero-order chi connectivity index (χ0) is 14.3. The van der Waals surface area contributed by atoms with E-state index in [0.29, 0.717) is 17.9 Å². The zero-order valence-electron chi connectivity index (χ0n) is 10.9. The van der Waals surface area contributed by atoms with Crippen molar-refractivity contribution in [2.75, 3.05) is 24.0 Å². The first kappa shape index (κ1) is 15.3. The third-order valence-electron chi connectivity index (χ3n) is 2.54. The average Bonchev–Trinajstić information content (AvgIpc) is 2.43. The fourth-order valence-electron chi connectivity index (χ4n) is 1.41. The van der Waals surface area contributed by atoms with E-state index in [1.54, 1.807) is 37.1 Å². The summed E-state index contributed by atoms with van der Waals surface area (Å²) in [5.41, 5.74) is 0.606. The van der Waals surface area contributed by atoms with Gasteiger partial charge >= 0.3 is 12.0 Å². The molecule has 1 heterocycles. The van der Waals surface area contributed by atoms with Crippen LogP contribution in [-0.2, 0) is 4.79 Å². The van der Waals surface area contributed by atoms with Gasteiger partial charge in [0, 0.05) is 13.2 Å². The molecule has 0 radical (unpaired) electrons. The first-order chi connectivity index (χ1) is 9.06. The van der Waals surface area contributed by atoms with Crippen molar-refractivity contribution in [3.63, 3.8) is 0 Å². The molecule has 0 saturated heterocycles. The first-order valence-corrected chi connectivity index (χ1v) is 7.11. The Kier molecular flexibility index (Phi) is 6.14. The monoisotopic (exact) mass is 283 g/mol. The number of rotatable bonds is 6. The average molecular weight is 283 g/mol. The van der Waals surface area contributed by atoms with Crippen molar-refractivity contribution in [2.45, 2.75) is 12.5 Å². The number of pyridine rings is 1. The predicted molar refractivity (Wildman–Crippen MR) is 75.6 cm³/mol. The summed E-state index contributed by atoms with van der Waals surface area (Å²) >= 11 is 1.54. The maximum Gasteiger partial charge on any atom is 0.326 e. The molecule has 0 aliphatic heterocycles. The summed E-state index contributed by atoms with van der Waals surface area (Å²) in [5.74, 6) is -0.351. The molecule has 2 N–H and O–H groups in total. The van der Waals surface area contributed by atoms with Crippen molar-refractivity contribution >= 4 is 29.4 Å². The van der Waals surface area contributed by atoms with Gasteiger partial charge in [0.1, 0.15) is 6.04 Å². The molecular formula is C12H17N3O3S. The number of hydrogen-bond donors (Lipinski definition) is 2. The molecule has 0 spiro atoms. The van der Waals surface area contributed by atoms with Crippen LogP contribution in [0.5, 0.6) is 0 Å². The summed E-state index contributed by atoms with van der Waals surface area (Å²) in [6, 6.07) is 2.10. The van der Waals surface area contributed by atoms with Crippen LogP contribution in [0.4, 0.5) is 10.5 Å². The molecule has 1 aromatic heterocycles. The second-order valence-electron chi connectivity index (χ2n) is 3.89. The van der Waals surface area contributed by atoms with E-state index in [1.807, 2.05) is 6.26 Å². The SMILES string of the molecule is CSCC[C@H](NC(=O)N(C)c1cccnc1)C(=O)O. The van der Waals surface area contributed by atoms with Crippen molar-refractivity contribution in [1.29, 1.82) is 0 Å². The molecule has 1 aromatic rings. The van der Waals surface area contributed by atoms with Crippen LogP contribution in [0.3, 0.4) is 0 Å². The van der Waals surface area contributed by atoms with Crippen LogP contribution in [0.25, 0.3) is 0 Å². The summed E-state index contributed by atoms with van der Waals surface area (Å²) < 4.78 is 0. The predicted octanol–water partition coefficient (Wildman–Crippen LogP) is 1.43. The molecule has 0 bridgehead atoms. The molecular weight excluding hydrogens is 266 g/mol. The van der Waals surface area contributed by atoms with Crippen LogP contribution in [0.2, 0.25) is 0 Å². The molecule has 0 saturated carbocycles. The van der Waals surface area contributed by atoms with Crippen molar-refractivity contribution < 1.29 is 14.7 Å². The number of aromatic nitrogens is 1. The third kappa shape index (κ3) is 4.78. The zero-order valence-corrected chi connectivity index (χ0v) is 11.7. The van der Waals surface area contributed by atoms with Gasteiger partial charge in [0.25, 0.3) is 0 Å². The van der Waals surface area contributed by atoms with E-state index >= 15 is 0 Å². The lowest BCUT2D eigenvalue weighted by atomic mass is 10.2. The maximum atomic E-state index is 11.9. The Morgan fingerprint density at radius 3 is 2.84 bits per heavy atom. The van der Waals surface area contributed by atoms with E-state index < -0.39 is 18.0 Å². The Hall–Kier alpha value is -1.76. The molecule has 6 nitrogen and oxygen atoms in total. The van der Waals surface area contributed by atoms with Gasteiger partial charge in [-0.1, -0.05) is 0 Å². The van der Waals surface area contributed by atoms with E-state index in [9.17, 15) is 9.59 Å². The third-order valence-corrected chi connectivity index (χ3v) is 3.19. The van der Waals surface area contributed by atoms with Gasteiger partial charge in [-0.25, -0.2) is 9.59 Å². The highest BCUT2D eigenvalue weighted by Gasteiger charge is 2.21. The first-order valence-electron chi connectivity index (χ1n) is 5.72. The summed E-state index contributed by atoms with van der Waals surface area (Å²) in [4.78, 5) is 28.2. The minimum absolute atomic E-state index is 0.392. The number of nitrogens with zero attached hydrogens (tertiary/aromatic N) is 2. The Labute approximate surface area is 116 Å². The van der Waals surface area contributed by atoms with Crippen LogP contribution in [0, 0.1) is 0 Å². The van der Waals surface area contributed by atoms with Crippen LogP contribution in [0.15, 0.2) is 24.5 Å². The number of thioether (sulfide) groups is 1. The number of carboxylic acid groups (broad SMARTS) is 1. The minimum atomic E-state index is -1.03. The van der Waals surface area contributed by atoms with E-state index in [-0.39, 0.29) is 0 Å². The van der Waals surface area contributed by atoms with Gasteiger partial charge in [0.05, 0.1) is 11.9 Å². The largest absolute Gasteiger partial charge is 0.480 e. The number of aliphatic carboxylic acids is 1. The fourth-order valence-corrected chi connectivity index (χ4v) is 1.88. The molecule has 1 atom stereocenters. The highest BCUT2D eigenvalue weighted by molar-refractivity contribution is 7.98. The topological polar surface area (TPSA) is 82.5 Å². The number of nitrogens with one attached hydrogen (secondary N) is 1. The molecule has 0 fully saturated rings. The summed E-state index contributed by atoms with van der Waals surface area (Å²) in [6.45, 7) is 0. The molecule has 0 aliphatic rings. The molecule has 0 unspecified atom stereocenters. The summed E-state index contributed by atoms with van der Waals surface area (Å²) in [6.07, 6.45) is 5.43. The second kappa shape index (κ2) is 7.63. The van der Waals surface area contributed by atoms with Gasteiger partial charge in [0.2, 0.25) is 0 Å². The quantitative estimate of drug-likeness (QED) is 0.825. The van der Waals surface area contributed by atoms with Gasteiger partial charge in [-0.2, -0.15) is 11.8 Å². The number of carbonyl (C=O) groups is 2. The van der Waals surface area contributed by atoms with Gasteiger partial charge in [0.15, 0.2) is 0 Å². The molecule has 1 rings (SSSR count). The molecule has 2 amide bonds. The van der Waals surface area contributed by atoms with Crippen LogP contribution in [0.1, 0.15) is 6.42 Å². The lowest BCUT2D eigenvalue weighted by molar-refractivity contribution is -0.139. The van der Waals surface area contributed by atoms with Crippen molar-refractivity contribution in [3.8, 4) is 0 Å². The van der Waals surface area contributed by atoms with Crippen molar-refractivity contribution in [1.82, 2.24) is 10.3 Å². The standard InChI is InChI=1S/C12H17N3O3S/c1-15(9-4-3-6-13-8-9)12(18)14-10(11(16)17)5-7-19-2/h3-4,6,8,10H,5,7H2,1-2H3,(H,14,18)(H,16,17)/t10-/m0/s1. The van der Waals surface area contributed by atoms with E-state index in [4.69, 9.17) is 5.11 Å². The molecule has 7 heteroatoms.